The van der Waals surface area contributed by atoms with Crippen LogP contribution in [-0.2, 0) is 29.6 Å². The number of hydrogen-bond acceptors (Lipinski definition) is 7. The fourth-order valence-electron chi connectivity index (χ4n) is 2.89. The average Bonchev–Trinajstić information content (AvgIpc) is 2.74. The Kier molecular flexibility index (Phi) is 6.79. The van der Waals surface area contributed by atoms with Crippen LogP contribution in [0.2, 0.25) is 0 Å². The molecule has 0 aliphatic rings. The fourth-order valence-corrected chi connectivity index (χ4v) is 6.55. The van der Waals surface area contributed by atoms with Crippen LogP contribution in [0.15, 0.2) is 82.8 Å². The number of amides is 2. The molecule has 0 saturated carbocycles. The number of nitrogens with one attached hydrogen (secondary N) is 2. The molecule has 12 heteroatoms. The van der Waals surface area contributed by atoms with E-state index in [-0.39, 0.29) is 27.3 Å². The standard InChI is InChI=1S/C21H20N4O6S2/c1-15(26)23-17-5-9-20(10-6-17)32(28,29)25(19-4-3-13-22-14-19)33(30,31)21-11-7-18(8-12-21)24-16(2)27/h3-14H,1-2H3,(H,23,26)(H,24,27). The summed E-state index contributed by atoms with van der Waals surface area (Å²) in [6.45, 7) is 2.61. The van der Waals surface area contributed by atoms with Crippen molar-refractivity contribution >= 4 is 48.9 Å². The van der Waals surface area contributed by atoms with Gasteiger partial charge in [0.05, 0.1) is 21.7 Å². The molecule has 0 radical (unpaired) electrons. The summed E-state index contributed by atoms with van der Waals surface area (Å²) in [4.78, 5) is 25.7. The number of aromatic nitrogens is 1. The van der Waals surface area contributed by atoms with Crippen LogP contribution >= 0.6 is 0 Å². The molecule has 0 saturated heterocycles. The maximum absolute atomic E-state index is 13.5. The number of hydrogen-bond donors (Lipinski definition) is 2. The van der Waals surface area contributed by atoms with Crippen LogP contribution in [0, 0.1) is 0 Å². The minimum Gasteiger partial charge on any atom is -0.326 e. The summed E-state index contributed by atoms with van der Waals surface area (Å²) >= 11 is 0. The van der Waals surface area contributed by atoms with Crippen LogP contribution in [0.4, 0.5) is 17.1 Å². The van der Waals surface area contributed by atoms with E-state index in [9.17, 15) is 26.4 Å². The Labute approximate surface area is 191 Å². The van der Waals surface area contributed by atoms with Gasteiger partial charge in [-0.1, -0.05) is 0 Å². The first-order valence-corrected chi connectivity index (χ1v) is 12.4. The molecule has 10 nitrogen and oxygen atoms in total. The van der Waals surface area contributed by atoms with Gasteiger partial charge in [0.15, 0.2) is 0 Å². The van der Waals surface area contributed by atoms with Gasteiger partial charge in [-0.15, -0.1) is 0 Å². The topological polar surface area (TPSA) is 143 Å². The third kappa shape index (κ3) is 5.35. The van der Waals surface area contributed by atoms with Crippen molar-refractivity contribution in [3.05, 3.63) is 73.1 Å². The first kappa shape index (κ1) is 23.9. The van der Waals surface area contributed by atoms with Gasteiger partial charge in [0.2, 0.25) is 11.8 Å². The molecule has 0 atom stereocenters. The highest BCUT2D eigenvalue weighted by molar-refractivity contribution is 8.10. The number of rotatable bonds is 7. The zero-order valence-electron chi connectivity index (χ0n) is 17.6. The number of sulfonamides is 2. The van der Waals surface area contributed by atoms with Gasteiger partial charge in [0.1, 0.15) is 0 Å². The van der Waals surface area contributed by atoms with E-state index in [1.54, 1.807) is 0 Å². The second-order valence-electron chi connectivity index (χ2n) is 6.83. The zero-order chi connectivity index (χ0) is 24.2. The van der Waals surface area contributed by atoms with E-state index < -0.39 is 20.0 Å². The normalized spacial score (nSPS) is 11.5. The molecule has 33 heavy (non-hydrogen) atoms. The molecular weight excluding hydrogens is 468 g/mol. The Hall–Kier alpha value is -3.77. The quantitative estimate of drug-likeness (QED) is 0.520. The predicted octanol–water partition coefficient (Wildman–Crippen LogP) is 2.58. The lowest BCUT2D eigenvalue weighted by molar-refractivity contribution is -0.115. The molecule has 0 aliphatic heterocycles. The minimum absolute atomic E-state index is 0.186. The summed E-state index contributed by atoms with van der Waals surface area (Å²) in [5, 5.41) is 5.03. The number of carbonyl (C=O) groups is 2. The Morgan fingerprint density at radius 3 is 1.48 bits per heavy atom. The lowest BCUT2D eigenvalue weighted by atomic mass is 10.3. The second kappa shape index (κ2) is 9.38. The van der Waals surface area contributed by atoms with Crippen molar-refractivity contribution < 1.29 is 26.4 Å². The molecule has 1 heterocycles. The van der Waals surface area contributed by atoms with Crippen LogP contribution in [-0.4, -0.2) is 33.6 Å². The average molecular weight is 489 g/mol. The highest BCUT2D eigenvalue weighted by atomic mass is 32.3. The summed E-state index contributed by atoms with van der Waals surface area (Å²) in [7, 11) is -9.22. The van der Waals surface area contributed by atoms with Gasteiger partial charge in [0, 0.05) is 31.4 Å². The molecule has 3 rings (SSSR count). The molecule has 3 aromatic rings. The summed E-state index contributed by atoms with van der Waals surface area (Å²) in [5.41, 5.74) is 0.519. The van der Waals surface area contributed by atoms with Crippen LogP contribution in [0.3, 0.4) is 0 Å². The Balaban J connectivity index is 2.10. The number of benzene rings is 2. The van der Waals surface area contributed by atoms with E-state index in [4.69, 9.17) is 0 Å². The molecular formula is C21H20N4O6S2. The van der Waals surface area contributed by atoms with Gasteiger partial charge >= 0.3 is 0 Å². The van der Waals surface area contributed by atoms with Crippen molar-refractivity contribution in [1.29, 1.82) is 0 Å². The maximum atomic E-state index is 13.5. The van der Waals surface area contributed by atoms with Crippen LogP contribution < -0.4 is 14.3 Å². The molecule has 2 amide bonds. The van der Waals surface area contributed by atoms with Crippen molar-refractivity contribution in [2.45, 2.75) is 23.6 Å². The van der Waals surface area contributed by atoms with Crippen molar-refractivity contribution in [1.82, 2.24) is 4.98 Å². The van der Waals surface area contributed by atoms with Crippen molar-refractivity contribution in [2.24, 2.45) is 0 Å². The minimum atomic E-state index is -4.61. The van der Waals surface area contributed by atoms with E-state index in [0.29, 0.717) is 15.1 Å². The molecule has 0 aliphatic carbocycles. The molecule has 2 aromatic carbocycles. The summed E-state index contributed by atoms with van der Waals surface area (Å²) in [6, 6.07) is 12.9. The SMILES string of the molecule is CC(=O)Nc1ccc(S(=O)(=O)N(c2cccnc2)S(=O)(=O)c2ccc(NC(C)=O)cc2)cc1. The second-order valence-corrected chi connectivity index (χ2v) is 10.6. The van der Waals surface area contributed by atoms with Crippen molar-refractivity contribution in [3.8, 4) is 0 Å². The third-order valence-electron chi connectivity index (χ3n) is 4.24. The molecule has 0 bridgehead atoms. The lowest BCUT2D eigenvalue weighted by Gasteiger charge is -2.24. The van der Waals surface area contributed by atoms with Gasteiger partial charge in [-0.3, -0.25) is 14.6 Å². The Bertz CT molecular complexity index is 1280. The van der Waals surface area contributed by atoms with Gasteiger partial charge in [0.25, 0.3) is 20.0 Å². The highest BCUT2D eigenvalue weighted by Gasteiger charge is 2.37. The maximum Gasteiger partial charge on any atom is 0.277 e. The third-order valence-corrected chi connectivity index (χ3v) is 8.45. The monoisotopic (exact) mass is 488 g/mol. The van der Waals surface area contributed by atoms with Crippen LogP contribution in [0.1, 0.15) is 13.8 Å². The lowest BCUT2D eigenvalue weighted by Crippen LogP contribution is -2.37. The highest BCUT2D eigenvalue weighted by Crippen LogP contribution is 2.31. The van der Waals surface area contributed by atoms with E-state index in [1.165, 1.54) is 80.7 Å². The molecule has 2 N–H and O–H groups in total. The summed E-state index contributed by atoms with van der Waals surface area (Å²) < 4.78 is 54.2. The predicted molar refractivity (Wildman–Crippen MR) is 123 cm³/mol. The Morgan fingerprint density at radius 2 is 1.15 bits per heavy atom. The molecule has 1 aromatic heterocycles. The van der Waals surface area contributed by atoms with E-state index in [2.05, 4.69) is 15.6 Å². The summed E-state index contributed by atoms with van der Waals surface area (Å²) in [5.74, 6) is -0.680. The molecule has 0 unspecified atom stereocenters. The van der Waals surface area contributed by atoms with Gasteiger partial charge in [-0.2, -0.15) is 3.71 Å². The zero-order valence-corrected chi connectivity index (χ0v) is 19.2. The smallest absolute Gasteiger partial charge is 0.277 e. The number of carbonyl (C=O) groups excluding carboxylic acids is 2. The molecule has 172 valence electrons. The van der Waals surface area contributed by atoms with E-state index in [0.717, 1.165) is 6.20 Å². The first-order chi connectivity index (χ1) is 15.5. The summed E-state index contributed by atoms with van der Waals surface area (Å²) in [6.07, 6.45) is 2.50. The van der Waals surface area contributed by atoms with Crippen molar-refractivity contribution in [2.75, 3.05) is 14.3 Å². The van der Waals surface area contributed by atoms with Crippen LogP contribution in [0.25, 0.3) is 0 Å². The van der Waals surface area contributed by atoms with E-state index >= 15 is 0 Å². The molecule has 0 fully saturated rings. The van der Waals surface area contributed by atoms with Gasteiger partial charge < -0.3 is 10.6 Å². The number of anilines is 3. The fraction of sp³-hybridized carbons (Fsp3) is 0.0952. The largest absolute Gasteiger partial charge is 0.326 e. The van der Waals surface area contributed by atoms with Crippen LogP contribution in [0.5, 0.6) is 0 Å². The molecule has 0 spiro atoms. The van der Waals surface area contributed by atoms with E-state index in [1.807, 2.05) is 0 Å². The first-order valence-electron chi connectivity index (χ1n) is 9.48. The van der Waals surface area contributed by atoms with Crippen molar-refractivity contribution in [3.63, 3.8) is 0 Å². The van der Waals surface area contributed by atoms with Gasteiger partial charge in [-0.25, -0.2) is 16.8 Å². The Morgan fingerprint density at radius 1 is 0.727 bits per heavy atom. The van der Waals surface area contributed by atoms with Gasteiger partial charge in [-0.05, 0) is 60.7 Å². The number of nitrogens with zero attached hydrogens (tertiary/aromatic N) is 2. The number of pyridine rings is 1.